The third-order valence-electron chi connectivity index (χ3n) is 3.32. The van der Waals surface area contributed by atoms with Gasteiger partial charge in [0.15, 0.2) is 10.9 Å². The van der Waals surface area contributed by atoms with E-state index in [-0.39, 0.29) is 0 Å². The average molecular weight is 341 g/mol. The predicted molar refractivity (Wildman–Crippen MR) is 96.8 cm³/mol. The Hall–Kier alpha value is -2.51. The van der Waals surface area contributed by atoms with Crippen molar-refractivity contribution in [2.24, 2.45) is 0 Å². The Kier molecular flexibility index (Phi) is 5.02. The summed E-state index contributed by atoms with van der Waals surface area (Å²) < 4.78 is 5.16. The number of benzene rings is 1. The van der Waals surface area contributed by atoms with Crippen LogP contribution in [0.15, 0.2) is 41.8 Å². The number of aromatic nitrogens is 3. The highest BCUT2D eigenvalue weighted by atomic mass is 32.1. The van der Waals surface area contributed by atoms with Gasteiger partial charge in [-0.2, -0.15) is 0 Å². The molecule has 0 spiro atoms. The summed E-state index contributed by atoms with van der Waals surface area (Å²) in [5, 5.41) is 14.5. The number of rotatable bonds is 6. The van der Waals surface area contributed by atoms with E-state index < -0.39 is 0 Å². The molecule has 2 heterocycles. The van der Waals surface area contributed by atoms with Gasteiger partial charge < -0.3 is 15.0 Å². The van der Waals surface area contributed by atoms with Gasteiger partial charge in [0.05, 0.1) is 18.5 Å². The van der Waals surface area contributed by atoms with Gasteiger partial charge >= 0.3 is 0 Å². The molecule has 0 fully saturated rings. The number of thiazole rings is 1. The van der Waals surface area contributed by atoms with Gasteiger partial charge in [-0.3, -0.25) is 0 Å². The lowest BCUT2D eigenvalue weighted by atomic mass is 10.1. The minimum absolute atomic E-state index is 0.679. The summed E-state index contributed by atoms with van der Waals surface area (Å²) in [6.45, 7) is 0.820. The molecule has 3 rings (SSSR count). The second-order valence-electron chi connectivity index (χ2n) is 5.54. The molecule has 124 valence electrons. The number of anilines is 2. The van der Waals surface area contributed by atoms with E-state index >= 15 is 0 Å². The van der Waals surface area contributed by atoms with Crippen LogP contribution in [0.2, 0.25) is 0 Å². The Morgan fingerprint density at radius 3 is 2.50 bits per heavy atom. The molecule has 0 amide bonds. The van der Waals surface area contributed by atoms with Crippen molar-refractivity contribution >= 4 is 22.3 Å². The number of hydrogen-bond donors (Lipinski definition) is 1. The van der Waals surface area contributed by atoms with E-state index in [1.54, 1.807) is 18.4 Å². The van der Waals surface area contributed by atoms with Gasteiger partial charge in [-0.15, -0.1) is 21.5 Å². The van der Waals surface area contributed by atoms with Crippen LogP contribution in [0.25, 0.3) is 11.3 Å². The first-order chi connectivity index (χ1) is 11.6. The van der Waals surface area contributed by atoms with Gasteiger partial charge in [0, 0.05) is 17.5 Å². The molecule has 0 saturated heterocycles. The Bertz CT molecular complexity index is 784. The lowest BCUT2D eigenvalue weighted by molar-refractivity contribution is 0.398. The standard InChI is InChI=1S/C17H19N5OS/c1-22(2)10-13-11-24-17(18-13)19-16-9-8-15(20-21-16)12-4-6-14(23-3)7-5-12/h4-9,11H,10H2,1-3H3,(H,18,19,21). The molecule has 3 aromatic rings. The minimum Gasteiger partial charge on any atom is -0.497 e. The second-order valence-corrected chi connectivity index (χ2v) is 6.40. The van der Waals surface area contributed by atoms with Crippen LogP contribution in [-0.2, 0) is 6.54 Å². The zero-order chi connectivity index (χ0) is 16.9. The van der Waals surface area contributed by atoms with Crippen molar-refractivity contribution in [1.29, 1.82) is 0 Å². The van der Waals surface area contributed by atoms with Gasteiger partial charge in [-0.1, -0.05) is 0 Å². The molecular formula is C17H19N5OS. The Labute approximate surface area is 145 Å². The highest BCUT2D eigenvalue weighted by molar-refractivity contribution is 7.13. The average Bonchev–Trinajstić information content (AvgIpc) is 3.02. The van der Waals surface area contributed by atoms with Crippen molar-refractivity contribution in [2.75, 3.05) is 26.5 Å². The van der Waals surface area contributed by atoms with Crippen molar-refractivity contribution in [1.82, 2.24) is 20.1 Å². The van der Waals surface area contributed by atoms with E-state index in [2.05, 4.69) is 25.4 Å². The smallest absolute Gasteiger partial charge is 0.188 e. The molecule has 1 aromatic carbocycles. The summed E-state index contributed by atoms with van der Waals surface area (Å²) in [6, 6.07) is 11.6. The van der Waals surface area contributed by atoms with Crippen molar-refractivity contribution in [3.8, 4) is 17.0 Å². The predicted octanol–water partition coefficient (Wildman–Crippen LogP) is 3.41. The molecule has 0 aliphatic heterocycles. The van der Waals surface area contributed by atoms with E-state index in [1.165, 1.54) is 0 Å². The zero-order valence-corrected chi connectivity index (χ0v) is 14.7. The minimum atomic E-state index is 0.679. The number of nitrogens with one attached hydrogen (secondary N) is 1. The molecule has 0 saturated carbocycles. The normalized spacial score (nSPS) is 10.8. The molecule has 0 bridgehead atoms. The van der Waals surface area contributed by atoms with Crippen LogP contribution in [0.3, 0.4) is 0 Å². The maximum atomic E-state index is 5.16. The third kappa shape index (κ3) is 4.06. The fourth-order valence-corrected chi connectivity index (χ4v) is 2.89. The van der Waals surface area contributed by atoms with E-state index in [4.69, 9.17) is 4.74 Å². The quantitative estimate of drug-likeness (QED) is 0.741. The first kappa shape index (κ1) is 16.4. The zero-order valence-electron chi connectivity index (χ0n) is 13.9. The number of hydrogen-bond acceptors (Lipinski definition) is 7. The SMILES string of the molecule is COc1ccc(-c2ccc(Nc3nc(CN(C)C)cs3)nn2)cc1. The molecule has 0 atom stereocenters. The van der Waals surface area contributed by atoms with Gasteiger partial charge in [0.1, 0.15) is 5.75 Å². The van der Waals surface area contributed by atoms with Crippen LogP contribution in [0.4, 0.5) is 10.9 Å². The molecular weight excluding hydrogens is 322 g/mol. The van der Waals surface area contributed by atoms with E-state index in [1.807, 2.05) is 55.9 Å². The molecule has 0 aliphatic rings. The maximum Gasteiger partial charge on any atom is 0.188 e. The summed E-state index contributed by atoms with van der Waals surface area (Å²) in [5.41, 5.74) is 2.85. The van der Waals surface area contributed by atoms with Gasteiger partial charge in [-0.25, -0.2) is 4.98 Å². The molecule has 1 N–H and O–H groups in total. The van der Waals surface area contributed by atoms with Crippen molar-refractivity contribution in [3.05, 3.63) is 47.5 Å². The lowest BCUT2D eigenvalue weighted by Gasteiger charge is -2.06. The van der Waals surface area contributed by atoms with Crippen LogP contribution < -0.4 is 10.1 Å². The molecule has 0 unspecified atom stereocenters. The fraction of sp³-hybridized carbons (Fsp3) is 0.235. The van der Waals surface area contributed by atoms with Crippen molar-refractivity contribution < 1.29 is 4.74 Å². The second kappa shape index (κ2) is 7.37. The van der Waals surface area contributed by atoms with Crippen molar-refractivity contribution in [3.63, 3.8) is 0 Å². The number of methoxy groups -OCH3 is 1. The molecule has 24 heavy (non-hydrogen) atoms. The lowest BCUT2D eigenvalue weighted by Crippen LogP contribution is -2.10. The monoisotopic (exact) mass is 341 g/mol. The summed E-state index contributed by atoms with van der Waals surface area (Å²) in [4.78, 5) is 6.62. The third-order valence-corrected chi connectivity index (χ3v) is 4.12. The van der Waals surface area contributed by atoms with E-state index in [0.29, 0.717) is 5.82 Å². The molecule has 2 aromatic heterocycles. The van der Waals surface area contributed by atoms with Crippen LogP contribution in [-0.4, -0.2) is 41.3 Å². The maximum absolute atomic E-state index is 5.16. The molecule has 6 nitrogen and oxygen atoms in total. The van der Waals surface area contributed by atoms with Crippen LogP contribution in [0.5, 0.6) is 5.75 Å². The first-order valence-electron chi connectivity index (χ1n) is 7.48. The van der Waals surface area contributed by atoms with Crippen LogP contribution in [0, 0.1) is 0 Å². The summed E-state index contributed by atoms with van der Waals surface area (Å²) in [5.74, 6) is 1.50. The Balaban J connectivity index is 1.68. The fourth-order valence-electron chi connectivity index (χ4n) is 2.19. The summed E-state index contributed by atoms with van der Waals surface area (Å²) in [6.07, 6.45) is 0. The number of nitrogens with zero attached hydrogens (tertiary/aromatic N) is 4. The van der Waals surface area contributed by atoms with Crippen LogP contribution >= 0.6 is 11.3 Å². The Morgan fingerprint density at radius 2 is 1.88 bits per heavy atom. The largest absolute Gasteiger partial charge is 0.497 e. The molecule has 0 radical (unpaired) electrons. The molecule has 0 aliphatic carbocycles. The highest BCUT2D eigenvalue weighted by Gasteiger charge is 2.06. The van der Waals surface area contributed by atoms with Gasteiger partial charge in [0.2, 0.25) is 0 Å². The summed E-state index contributed by atoms with van der Waals surface area (Å²) >= 11 is 1.56. The topological polar surface area (TPSA) is 63.2 Å². The van der Waals surface area contributed by atoms with Crippen molar-refractivity contribution in [2.45, 2.75) is 6.54 Å². The first-order valence-corrected chi connectivity index (χ1v) is 8.36. The highest BCUT2D eigenvalue weighted by Crippen LogP contribution is 2.23. The molecule has 7 heteroatoms. The van der Waals surface area contributed by atoms with E-state index in [9.17, 15) is 0 Å². The van der Waals surface area contributed by atoms with Gasteiger partial charge in [-0.05, 0) is 50.5 Å². The van der Waals surface area contributed by atoms with Gasteiger partial charge in [0.25, 0.3) is 0 Å². The number of ether oxygens (including phenoxy) is 1. The van der Waals surface area contributed by atoms with E-state index in [0.717, 1.165) is 34.4 Å². The van der Waals surface area contributed by atoms with Crippen LogP contribution in [0.1, 0.15) is 5.69 Å². The summed E-state index contributed by atoms with van der Waals surface area (Å²) in [7, 11) is 5.70. The Morgan fingerprint density at radius 1 is 1.08 bits per heavy atom.